The maximum Gasteiger partial charge on any atom is 0.305 e. The molecule has 2 unspecified atom stereocenters. The van der Waals surface area contributed by atoms with Gasteiger partial charge in [0.2, 0.25) is 5.91 Å². The van der Waals surface area contributed by atoms with E-state index in [9.17, 15) is 9.59 Å². The summed E-state index contributed by atoms with van der Waals surface area (Å²) in [5, 5.41) is 8.55. The number of hydrogen-bond acceptors (Lipinski definition) is 4. The fraction of sp³-hybridized carbons (Fsp3) is 0.800. The standard InChI is InChI=1S/C10H18N2O4/c1-2-7-6-12(3-4-16-7)10(15)8(11)5-9(13)14/h7-8H,2-6,11H2,1H3,(H,13,14). The van der Waals surface area contributed by atoms with Gasteiger partial charge in [-0.25, -0.2) is 0 Å². The van der Waals surface area contributed by atoms with Gasteiger partial charge in [0.15, 0.2) is 0 Å². The Hall–Kier alpha value is -1.14. The predicted molar refractivity (Wildman–Crippen MR) is 56.8 cm³/mol. The molecule has 0 spiro atoms. The van der Waals surface area contributed by atoms with E-state index in [-0.39, 0.29) is 18.4 Å². The summed E-state index contributed by atoms with van der Waals surface area (Å²) in [6, 6.07) is -0.951. The van der Waals surface area contributed by atoms with Crippen LogP contribution in [0.1, 0.15) is 19.8 Å². The van der Waals surface area contributed by atoms with Crippen molar-refractivity contribution in [3.05, 3.63) is 0 Å². The Kier molecular flexibility index (Phi) is 4.70. The van der Waals surface area contributed by atoms with Crippen molar-refractivity contribution in [2.45, 2.75) is 31.9 Å². The van der Waals surface area contributed by atoms with Gasteiger partial charge in [0.1, 0.15) is 0 Å². The summed E-state index contributed by atoms with van der Waals surface area (Å²) in [4.78, 5) is 23.8. The van der Waals surface area contributed by atoms with Gasteiger partial charge in [-0.05, 0) is 6.42 Å². The van der Waals surface area contributed by atoms with Crippen molar-refractivity contribution >= 4 is 11.9 Å². The lowest BCUT2D eigenvalue weighted by Gasteiger charge is -2.33. The lowest BCUT2D eigenvalue weighted by molar-refractivity contribution is -0.145. The van der Waals surface area contributed by atoms with Crippen LogP contribution in [-0.4, -0.2) is 53.7 Å². The first-order valence-corrected chi connectivity index (χ1v) is 5.42. The normalized spacial score (nSPS) is 22.9. The number of carboxylic acid groups (broad SMARTS) is 1. The molecule has 92 valence electrons. The first-order valence-electron chi connectivity index (χ1n) is 5.42. The van der Waals surface area contributed by atoms with Crippen LogP contribution in [0.4, 0.5) is 0 Å². The summed E-state index contributed by atoms with van der Waals surface area (Å²) < 4.78 is 5.42. The molecule has 0 saturated carbocycles. The summed E-state index contributed by atoms with van der Waals surface area (Å²) in [5.41, 5.74) is 5.52. The topological polar surface area (TPSA) is 92.9 Å². The van der Waals surface area contributed by atoms with Crippen molar-refractivity contribution in [1.82, 2.24) is 4.90 Å². The number of nitrogens with two attached hydrogens (primary N) is 1. The molecule has 1 heterocycles. The van der Waals surface area contributed by atoms with E-state index in [0.717, 1.165) is 6.42 Å². The van der Waals surface area contributed by atoms with Gasteiger partial charge in [-0.1, -0.05) is 6.92 Å². The highest BCUT2D eigenvalue weighted by molar-refractivity contribution is 5.86. The molecule has 0 radical (unpaired) electrons. The average molecular weight is 230 g/mol. The smallest absolute Gasteiger partial charge is 0.305 e. The minimum absolute atomic E-state index is 0.0368. The molecule has 6 heteroatoms. The van der Waals surface area contributed by atoms with Gasteiger partial charge in [-0.3, -0.25) is 9.59 Å². The van der Waals surface area contributed by atoms with Gasteiger partial charge in [-0.15, -0.1) is 0 Å². The molecule has 1 saturated heterocycles. The second-order valence-corrected chi connectivity index (χ2v) is 3.89. The maximum atomic E-state index is 11.8. The van der Waals surface area contributed by atoms with Crippen LogP contribution in [0.2, 0.25) is 0 Å². The highest BCUT2D eigenvalue weighted by Crippen LogP contribution is 2.09. The van der Waals surface area contributed by atoms with Crippen molar-refractivity contribution in [1.29, 1.82) is 0 Å². The van der Waals surface area contributed by atoms with Crippen LogP contribution >= 0.6 is 0 Å². The van der Waals surface area contributed by atoms with Crippen molar-refractivity contribution in [2.75, 3.05) is 19.7 Å². The molecule has 0 aromatic carbocycles. The van der Waals surface area contributed by atoms with E-state index in [1.807, 2.05) is 6.92 Å². The quantitative estimate of drug-likeness (QED) is 0.674. The van der Waals surface area contributed by atoms with E-state index in [0.29, 0.717) is 19.7 Å². The summed E-state index contributed by atoms with van der Waals surface area (Å²) in [6.07, 6.45) is 0.542. The van der Waals surface area contributed by atoms with Gasteiger partial charge in [0.05, 0.1) is 25.2 Å². The average Bonchev–Trinajstić information content (AvgIpc) is 2.27. The third-order valence-corrected chi connectivity index (χ3v) is 2.62. The highest BCUT2D eigenvalue weighted by atomic mass is 16.5. The Morgan fingerprint density at radius 3 is 2.88 bits per heavy atom. The minimum Gasteiger partial charge on any atom is -0.481 e. The molecule has 1 aliphatic heterocycles. The third kappa shape index (κ3) is 3.46. The molecule has 3 N–H and O–H groups in total. The summed E-state index contributed by atoms with van der Waals surface area (Å²) in [7, 11) is 0. The van der Waals surface area contributed by atoms with Gasteiger partial charge in [-0.2, -0.15) is 0 Å². The lowest BCUT2D eigenvalue weighted by atomic mass is 10.1. The number of carboxylic acids is 1. The summed E-state index contributed by atoms with van der Waals surface area (Å²) in [5.74, 6) is -1.36. The summed E-state index contributed by atoms with van der Waals surface area (Å²) >= 11 is 0. The van der Waals surface area contributed by atoms with E-state index in [2.05, 4.69) is 0 Å². The molecule has 0 aromatic heterocycles. The molecule has 16 heavy (non-hydrogen) atoms. The zero-order chi connectivity index (χ0) is 12.1. The molecule has 1 fully saturated rings. The fourth-order valence-corrected chi connectivity index (χ4v) is 1.68. The molecule has 6 nitrogen and oxygen atoms in total. The number of morpholine rings is 1. The van der Waals surface area contributed by atoms with Crippen LogP contribution in [0.25, 0.3) is 0 Å². The zero-order valence-electron chi connectivity index (χ0n) is 9.39. The number of aliphatic carboxylic acids is 1. The zero-order valence-corrected chi connectivity index (χ0v) is 9.39. The molecular formula is C10H18N2O4. The molecular weight excluding hydrogens is 212 g/mol. The highest BCUT2D eigenvalue weighted by Gasteiger charge is 2.27. The molecule has 0 aromatic rings. The molecule has 1 amide bonds. The third-order valence-electron chi connectivity index (χ3n) is 2.62. The van der Waals surface area contributed by atoms with E-state index in [1.165, 1.54) is 0 Å². The van der Waals surface area contributed by atoms with Crippen LogP contribution in [0, 0.1) is 0 Å². The molecule has 1 aliphatic rings. The Morgan fingerprint density at radius 2 is 2.31 bits per heavy atom. The van der Waals surface area contributed by atoms with Gasteiger partial charge in [0, 0.05) is 13.1 Å². The van der Waals surface area contributed by atoms with Crippen molar-refractivity contribution in [3.63, 3.8) is 0 Å². The van der Waals surface area contributed by atoms with Crippen LogP contribution < -0.4 is 5.73 Å². The van der Waals surface area contributed by atoms with E-state index in [4.69, 9.17) is 15.6 Å². The number of nitrogens with zero attached hydrogens (tertiary/aromatic N) is 1. The van der Waals surface area contributed by atoms with E-state index < -0.39 is 12.0 Å². The second-order valence-electron chi connectivity index (χ2n) is 3.89. The number of amides is 1. The van der Waals surface area contributed by atoms with Crippen molar-refractivity contribution < 1.29 is 19.4 Å². The fourth-order valence-electron chi connectivity index (χ4n) is 1.68. The molecule has 1 rings (SSSR count). The Labute approximate surface area is 94.3 Å². The molecule has 2 atom stereocenters. The Bertz CT molecular complexity index is 270. The van der Waals surface area contributed by atoms with Crippen LogP contribution in [-0.2, 0) is 14.3 Å². The van der Waals surface area contributed by atoms with Crippen LogP contribution in [0.3, 0.4) is 0 Å². The number of hydrogen-bond donors (Lipinski definition) is 2. The Balaban J connectivity index is 2.49. The largest absolute Gasteiger partial charge is 0.481 e. The van der Waals surface area contributed by atoms with Crippen molar-refractivity contribution in [3.8, 4) is 0 Å². The molecule has 0 aliphatic carbocycles. The first-order chi connectivity index (χ1) is 7.54. The van der Waals surface area contributed by atoms with Gasteiger partial charge < -0.3 is 20.5 Å². The minimum atomic E-state index is -1.05. The maximum absolute atomic E-state index is 11.8. The number of rotatable bonds is 4. The SMILES string of the molecule is CCC1CN(C(=O)C(N)CC(=O)O)CCO1. The predicted octanol–water partition coefficient (Wildman–Crippen LogP) is -0.574. The van der Waals surface area contributed by atoms with Gasteiger partial charge >= 0.3 is 5.97 Å². The second kappa shape index (κ2) is 5.81. The van der Waals surface area contributed by atoms with E-state index in [1.54, 1.807) is 4.90 Å². The van der Waals surface area contributed by atoms with Gasteiger partial charge in [0.25, 0.3) is 0 Å². The molecule has 0 bridgehead atoms. The first kappa shape index (κ1) is 12.9. The number of carbonyl (C=O) groups is 2. The van der Waals surface area contributed by atoms with Crippen LogP contribution in [0.15, 0.2) is 0 Å². The summed E-state index contributed by atoms with van der Waals surface area (Å²) in [6.45, 7) is 3.46. The van der Waals surface area contributed by atoms with Crippen molar-refractivity contribution in [2.24, 2.45) is 5.73 Å². The van der Waals surface area contributed by atoms with Crippen LogP contribution in [0.5, 0.6) is 0 Å². The van der Waals surface area contributed by atoms with E-state index >= 15 is 0 Å². The Morgan fingerprint density at radius 1 is 1.62 bits per heavy atom. The lowest BCUT2D eigenvalue weighted by Crippen LogP contribution is -2.51. The number of carbonyl (C=O) groups excluding carboxylic acids is 1. The monoisotopic (exact) mass is 230 g/mol. The number of ether oxygens (including phenoxy) is 1.